The fourth-order valence-electron chi connectivity index (χ4n) is 3.50. The zero-order chi connectivity index (χ0) is 17.9. The van der Waals surface area contributed by atoms with Crippen molar-refractivity contribution in [2.45, 2.75) is 31.8 Å². The second-order valence-corrected chi connectivity index (χ2v) is 6.57. The Morgan fingerprint density at radius 3 is 2.92 bits per heavy atom. The van der Waals surface area contributed by atoms with E-state index in [-0.39, 0.29) is 6.04 Å². The fourth-order valence-corrected chi connectivity index (χ4v) is 3.50. The molecule has 1 atom stereocenters. The third-order valence-electron chi connectivity index (χ3n) is 4.80. The molecule has 0 bridgehead atoms. The number of nitrogens with two attached hydrogens (primary N) is 1. The number of primary amides is 1. The molecule has 2 aromatic heterocycles. The highest BCUT2D eigenvalue weighted by molar-refractivity contribution is 5.93. The number of hydrogen-bond donors (Lipinski definition) is 2. The van der Waals surface area contributed by atoms with E-state index in [2.05, 4.69) is 32.2 Å². The molecule has 1 unspecified atom stereocenters. The van der Waals surface area contributed by atoms with Crippen molar-refractivity contribution < 1.29 is 4.79 Å². The first-order chi connectivity index (χ1) is 12.7. The quantitative estimate of drug-likeness (QED) is 0.743. The van der Waals surface area contributed by atoms with Crippen LogP contribution in [0.5, 0.6) is 0 Å². The molecule has 6 heteroatoms. The molecule has 26 heavy (non-hydrogen) atoms. The molecule has 0 aliphatic heterocycles. The average Bonchev–Trinajstić information content (AvgIpc) is 3.07. The molecule has 0 saturated heterocycles. The summed E-state index contributed by atoms with van der Waals surface area (Å²) in [7, 11) is 0. The van der Waals surface area contributed by atoms with Gasteiger partial charge in [-0.1, -0.05) is 30.3 Å². The van der Waals surface area contributed by atoms with Crippen molar-refractivity contribution in [2.75, 3.05) is 5.32 Å². The number of pyridine rings is 1. The van der Waals surface area contributed by atoms with Crippen molar-refractivity contribution in [2.24, 2.45) is 5.73 Å². The summed E-state index contributed by atoms with van der Waals surface area (Å²) < 4.78 is 2.09. The van der Waals surface area contributed by atoms with E-state index in [1.165, 1.54) is 16.8 Å². The predicted molar refractivity (Wildman–Crippen MR) is 99.8 cm³/mol. The Morgan fingerprint density at radius 2 is 2.12 bits per heavy atom. The van der Waals surface area contributed by atoms with Crippen LogP contribution in [0.4, 0.5) is 5.82 Å². The van der Waals surface area contributed by atoms with E-state index in [1.807, 2.05) is 24.4 Å². The minimum atomic E-state index is -0.449. The van der Waals surface area contributed by atoms with E-state index < -0.39 is 5.91 Å². The van der Waals surface area contributed by atoms with E-state index in [0.717, 1.165) is 25.8 Å². The number of nitrogens with zero attached hydrogens (tertiary/aromatic N) is 3. The summed E-state index contributed by atoms with van der Waals surface area (Å²) in [6.45, 7) is 0.776. The van der Waals surface area contributed by atoms with Gasteiger partial charge in [-0.3, -0.25) is 9.48 Å². The molecule has 3 N–H and O–H groups in total. The molecule has 0 radical (unpaired) electrons. The number of aromatic nitrogens is 3. The Morgan fingerprint density at radius 1 is 1.27 bits per heavy atom. The van der Waals surface area contributed by atoms with Crippen molar-refractivity contribution in [1.29, 1.82) is 0 Å². The lowest BCUT2D eigenvalue weighted by Crippen LogP contribution is -2.19. The van der Waals surface area contributed by atoms with Gasteiger partial charge in [-0.2, -0.15) is 5.10 Å². The van der Waals surface area contributed by atoms with E-state index in [0.29, 0.717) is 11.4 Å². The largest absolute Gasteiger partial charge is 0.366 e. The molecule has 3 aromatic rings. The molecule has 1 aliphatic carbocycles. The van der Waals surface area contributed by atoms with Gasteiger partial charge in [-0.05, 0) is 37.0 Å². The molecule has 2 heterocycles. The molecule has 1 aliphatic rings. The van der Waals surface area contributed by atoms with E-state index in [4.69, 9.17) is 5.73 Å². The molecule has 0 fully saturated rings. The summed E-state index contributed by atoms with van der Waals surface area (Å²) in [6.07, 6.45) is 6.67. The number of benzene rings is 1. The Kier molecular flexibility index (Phi) is 4.39. The highest BCUT2D eigenvalue weighted by Gasteiger charge is 2.24. The molecule has 1 aromatic carbocycles. The summed E-state index contributed by atoms with van der Waals surface area (Å²) in [4.78, 5) is 15.7. The zero-order valence-electron chi connectivity index (χ0n) is 14.4. The van der Waals surface area contributed by atoms with Crippen LogP contribution in [0.15, 0.2) is 54.9 Å². The first-order valence-corrected chi connectivity index (χ1v) is 8.81. The van der Waals surface area contributed by atoms with Gasteiger partial charge >= 0.3 is 0 Å². The van der Waals surface area contributed by atoms with Gasteiger partial charge in [0.05, 0.1) is 18.8 Å². The lowest BCUT2D eigenvalue weighted by atomic mass is 9.93. The van der Waals surface area contributed by atoms with Crippen molar-refractivity contribution >= 4 is 11.7 Å². The number of anilines is 1. The number of carbonyl (C=O) groups is 1. The van der Waals surface area contributed by atoms with Gasteiger partial charge in [0.15, 0.2) is 0 Å². The third kappa shape index (κ3) is 3.31. The molecular weight excluding hydrogens is 326 g/mol. The highest BCUT2D eigenvalue weighted by Crippen LogP contribution is 2.32. The standard InChI is InChI=1S/C20H21N5O/c21-20(26)15-9-10-22-19(11-15)24-17-7-4-8-18-16(17)12-23-25(18)13-14-5-2-1-3-6-14/h1-3,5-6,9-12,17H,4,7-8,13H2,(H2,21,26)(H,22,24). The number of fused-ring (bicyclic) bond motifs is 1. The molecule has 0 saturated carbocycles. The second kappa shape index (κ2) is 7.00. The van der Waals surface area contributed by atoms with Crippen molar-refractivity contribution in [1.82, 2.24) is 14.8 Å². The summed E-state index contributed by atoms with van der Waals surface area (Å²) in [5, 5.41) is 8.05. The summed E-state index contributed by atoms with van der Waals surface area (Å²) in [5.41, 5.74) is 9.53. The number of rotatable bonds is 5. The minimum absolute atomic E-state index is 0.138. The molecule has 0 spiro atoms. The molecule has 132 valence electrons. The maximum atomic E-state index is 11.4. The lowest BCUT2D eigenvalue weighted by molar-refractivity contribution is 0.1000. The van der Waals surface area contributed by atoms with Crippen LogP contribution in [-0.4, -0.2) is 20.7 Å². The molecule has 1 amide bonds. The summed E-state index contributed by atoms with van der Waals surface area (Å²) in [6, 6.07) is 13.8. The van der Waals surface area contributed by atoms with Gasteiger partial charge in [0.1, 0.15) is 5.82 Å². The van der Waals surface area contributed by atoms with Gasteiger partial charge in [0, 0.05) is 23.0 Å². The zero-order valence-corrected chi connectivity index (χ0v) is 14.4. The van der Waals surface area contributed by atoms with Crippen molar-refractivity contribution in [3.05, 3.63) is 77.2 Å². The van der Waals surface area contributed by atoms with Crippen LogP contribution in [0.2, 0.25) is 0 Å². The molecule has 4 rings (SSSR count). The maximum absolute atomic E-state index is 11.4. The van der Waals surface area contributed by atoms with Crippen molar-refractivity contribution in [3.8, 4) is 0 Å². The number of nitrogens with one attached hydrogen (secondary N) is 1. The first kappa shape index (κ1) is 16.3. The SMILES string of the molecule is NC(=O)c1ccnc(NC2CCCc3c2cnn3Cc2ccccc2)c1. The second-order valence-electron chi connectivity index (χ2n) is 6.57. The summed E-state index contributed by atoms with van der Waals surface area (Å²) in [5.74, 6) is 0.213. The highest BCUT2D eigenvalue weighted by atomic mass is 16.1. The van der Waals surface area contributed by atoms with Crippen LogP contribution in [0.1, 0.15) is 46.1 Å². The van der Waals surface area contributed by atoms with E-state index >= 15 is 0 Å². The summed E-state index contributed by atoms with van der Waals surface area (Å²) >= 11 is 0. The van der Waals surface area contributed by atoms with Gasteiger partial charge in [0.2, 0.25) is 5.91 Å². The van der Waals surface area contributed by atoms with Crippen LogP contribution >= 0.6 is 0 Å². The van der Waals surface area contributed by atoms with Crippen LogP contribution in [0.25, 0.3) is 0 Å². The molecular formula is C20H21N5O. The topological polar surface area (TPSA) is 85.8 Å². The Hall–Kier alpha value is -3.15. The van der Waals surface area contributed by atoms with Gasteiger partial charge < -0.3 is 11.1 Å². The fraction of sp³-hybridized carbons (Fsp3) is 0.250. The molecule has 6 nitrogen and oxygen atoms in total. The Bertz CT molecular complexity index is 919. The Balaban J connectivity index is 1.56. The smallest absolute Gasteiger partial charge is 0.248 e. The third-order valence-corrected chi connectivity index (χ3v) is 4.80. The van der Waals surface area contributed by atoms with Gasteiger partial charge in [0.25, 0.3) is 0 Å². The van der Waals surface area contributed by atoms with Crippen LogP contribution < -0.4 is 11.1 Å². The van der Waals surface area contributed by atoms with Gasteiger partial charge in [-0.15, -0.1) is 0 Å². The number of amides is 1. The van der Waals surface area contributed by atoms with E-state index in [1.54, 1.807) is 18.3 Å². The number of carbonyl (C=O) groups excluding carboxylic acids is 1. The normalized spacial score (nSPS) is 16.1. The monoisotopic (exact) mass is 347 g/mol. The predicted octanol–water partition coefficient (Wildman–Crippen LogP) is 2.91. The maximum Gasteiger partial charge on any atom is 0.248 e. The van der Waals surface area contributed by atoms with Crippen LogP contribution in [-0.2, 0) is 13.0 Å². The van der Waals surface area contributed by atoms with Gasteiger partial charge in [-0.25, -0.2) is 4.98 Å². The average molecular weight is 347 g/mol. The Labute approximate surface area is 152 Å². The first-order valence-electron chi connectivity index (χ1n) is 8.81. The van der Waals surface area contributed by atoms with Crippen LogP contribution in [0, 0.1) is 0 Å². The minimum Gasteiger partial charge on any atom is -0.366 e. The van der Waals surface area contributed by atoms with Crippen LogP contribution in [0.3, 0.4) is 0 Å². The van der Waals surface area contributed by atoms with E-state index in [9.17, 15) is 4.79 Å². The van der Waals surface area contributed by atoms with Crippen molar-refractivity contribution in [3.63, 3.8) is 0 Å². The number of hydrogen-bond acceptors (Lipinski definition) is 4. The lowest BCUT2D eigenvalue weighted by Gasteiger charge is -2.25.